The Kier molecular flexibility index (Phi) is 2.91. The van der Waals surface area contributed by atoms with E-state index in [0.29, 0.717) is 0 Å². The highest BCUT2D eigenvalue weighted by molar-refractivity contribution is 6.00. The van der Waals surface area contributed by atoms with Crippen molar-refractivity contribution < 1.29 is 14.7 Å². The molecule has 6 nitrogen and oxygen atoms in total. The second kappa shape index (κ2) is 4.75. The van der Waals surface area contributed by atoms with Crippen LogP contribution in [-0.2, 0) is 0 Å². The fourth-order valence-electron chi connectivity index (χ4n) is 2.17. The minimum absolute atomic E-state index is 0.136. The van der Waals surface area contributed by atoms with Crippen LogP contribution in [0.3, 0.4) is 0 Å². The van der Waals surface area contributed by atoms with Gasteiger partial charge in [-0.25, -0.2) is 9.78 Å². The molecule has 0 aliphatic rings. The number of nitrogens with zero attached hydrogens (tertiary/aromatic N) is 2. The molecule has 1 aromatic carbocycles. The summed E-state index contributed by atoms with van der Waals surface area (Å²) in [5.74, 6) is -1.81. The van der Waals surface area contributed by atoms with Gasteiger partial charge in [-0.2, -0.15) is 0 Å². The van der Waals surface area contributed by atoms with Gasteiger partial charge in [0.1, 0.15) is 0 Å². The minimum atomic E-state index is -1.16. The molecule has 0 saturated carbocycles. The number of carboxylic acids is 1. The first-order chi connectivity index (χ1) is 10.1. The first-order valence-corrected chi connectivity index (χ1v) is 6.17. The number of nitrogens with two attached hydrogens (primary N) is 1. The maximum atomic E-state index is 11.6. The van der Waals surface area contributed by atoms with Gasteiger partial charge in [-0.3, -0.25) is 4.79 Å². The fourth-order valence-corrected chi connectivity index (χ4v) is 2.17. The summed E-state index contributed by atoms with van der Waals surface area (Å²) in [5.41, 5.74) is 7.31. The molecule has 0 radical (unpaired) electrons. The van der Waals surface area contributed by atoms with Gasteiger partial charge in [0.2, 0.25) is 0 Å². The van der Waals surface area contributed by atoms with Gasteiger partial charge in [0, 0.05) is 12.4 Å². The quantitative estimate of drug-likeness (QED) is 0.764. The third kappa shape index (κ3) is 2.23. The molecule has 104 valence electrons. The Morgan fingerprint density at radius 1 is 1.10 bits per heavy atom. The van der Waals surface area contributed by atoms with E-state index >= 15 is 0 Å². The van der Waals surface area contributed by atoms with Gasteiger partial charge >= 0.3 is 5.97 Å². The Bertz CT molecular complexity index is 853. The summed E-state index contributed by atoms with van der Waals surface area (Å²) in [6, 6.07) is 11.0. The van der Waals surface area contributed by atoms with E-state index in [2.05, 4.69) is 4.98 Å². The van der Waals surface area contributed by atoms with Gasteiger partial charge in [0.05, 0.1) is 5.56 Å². The zero-order valence-electron chi connectivity index (χ0n) is 10.9. The third-order valence-corrected chi connectivity index (χ3v) is 3.14. The Hall–Kier alpha value is -3.15. The van der Waals surface area contributed by atoms with Crippen LogP contribution in [0.25, 0.3) is 16.8 Å². The van der Waals surface area contributed by atoms with Crippen molar-refractivity contribution in [3.63, 3.8) is 0 Å². The number of aromatic carboxylic acids is 1. The molecule has 6 heteroatoms. The molecule has 2 aromatic heterocycles. The van der Waals surface area contributed by atoms with Crippen molar-refractivity contribution in [3.05, 3.63) is 60.0 Å². The predicted molar refractivity (Wildman–Crippen MR) is 76.1 cm³/mol. The standard InChI is InChI=1S/C15H11N3O3/c16-13(19)11-6-10(9-4-2-1-3-5-9)7-18-8-12(15(20)21)17-14(11)18/h1-8H,(H2,16,19)(H,20,21). The Morgan fingerprint density at radius 3 is 2.43 bits per heavy atom. The molecule has 0 bridgehead atoms. The van der Waals surface area contributed by atoms with Crippen LogP contribution >= 0.6 is 0 Å². The summed E-state index contributed by atoms with van der Waals surface area (Å²) in [6.07, 6.45) is 3.08. The van der Waals surface area contributed by atoms with E-state index in [9.17, 15) is 9.59 Å². The molecule has 21 heavy (non-hydrogen) atoms. The predicted octanol–water partition coefficient (Wildman–Crippen LogP) is 1.80. The topological polar surface area (TPSA) is 97.7 Å². The van der Waals surface area contributed by atoms with Crippen LogP contribution in [-0.4, -0.2) is 26.4 Å². The minimum Gasteiger partial charge on any atom is -0.476 e. The molecule has 0 spiro atoms. The molecule has 3 rings (SSSR count). The molecular weight excluding hydrogens is 270 g/mol. The monoisotopic (exact) mass is 281 g/mol. The molecule has 2 heterocycles. The van der Waals surface area contributed by atoms with Gasteiger partial charge < -0.3 is 15.2 Å². The highest BCUT2D eigenvalue weighted by atomic mass is 16.4. The summed E-state index contributed by atoms with van der Waals surface area (Å²) in [4.78, 5) is 26.5. The van der Waals surface area contributed by atoms with Crippen LogP contribution in [0.2, 0.25) is 0 Å². The second-order valence-corrected chi connectivity index (χ2v) is 4.53. The van der Waals surface area contributed by atoms with Crippen molar-refractivity contribution in [1.82, 2.24) is 9.38 Å². The van der Waals surface area contributed by atoms with Crippen molar-refractivity contribution >= 4 is 17.5 Å². The van der Waals surface area contributed by atoms with Crippen LogP contribution in [0.1, 0.15) is 20.8 Å². The van der Waals surface area contributed by atoms with Crippen LogP contribution in [0.4, 0.5) is 0 Å². The Balaban J connectivity index is 2.29. The van der Waals surface area contributed by atoms with Crippen molar-refractivity contribution in [2.45, 2.75) is 0 Å². The van der Waals surface area contributed by atoms with Gasteiger partial charge in [-0.15, -0.1) is 0 Å². The molecule has 0 unspecified atom stereocenters. The summed E-state index contributed by atoms with van der Waals surface area (Å²) in [7, 11) is 0. The molecule has 0 saturated heterocycles. The maximum Gasteiger partial charge on any atom is 0.356 e. The number of imidazole rings is 1. The average molecular weight is 281 g/mol. The number of carbonyl (C=O) groups is 2. The van der Waals surface area contributed by atoms with Gasteiger partial charge in [-0.05, 0) is 17.2 Å². The molecule has 0 fully saturated rings. The summed E-state index contributed by atoms with van der Waals surface area (Å²) in [6.45, 7) is 0. The number of aromatic nitrogens is 2. The molecule has 0 aliphatic heterocycles. The second-order valence-electron chi connectivity index (χ2n) is 4.53. The lowest BCUT2D eigenvalue weighted by Crippen LogP contribution is -2.13. The Labute approximate surface area is 119 Å². The Morgan fingerprint density at radius 2 is 1.81 bits per heavy atom. The number of hydrogen-bond acceptors (Lipinski definition) is 3. The first kappa shape index (κ1) is 12.9. The number of carbonyl (C=O) groups excluding carboxylic acids is 1. The number of fused-ring (bicyclic) bond motifs is 1. The van der Waals surface area contributed by atoms with Crippen LogP contribution in [0.5, 0.6) is 0 Å². The summed E-state index contributed by atoms with van der Waals surface area (Å²) >= 11 is 0. The van der Waals surface area contributed by atoms with Gasteiger partial charge in [0.15, 0.2) is 11.3 Å². The van der Waals surface area contributed by atoms with Crippen molar-refractivity contribution in [2.75, 3.05) is 0 Å². The molecular formula is C15H11N3O3. The van der Waals surface area contributed by atoms with Crippen LogP contribution < -0.4 is 5.73 Å². The van der Waals surface area contributed by atoms with Crippen molar-refractivity contribution in [2.24, 2.45) is 5.73 Å². The molecule has 1 amide bonds. The maximum absolute atomic E-state index is 11.6. The number of hydrogen-bond donors (Lipinski definition) is 2. The lowest BCUT2D eigenvalue weighted by Gasteiger charge is -2.06. The van der Waals surface area contributed by atoms with E-state index in [1.807, 2.05) is 30.3 Å². The third-order valence-electron chi connectivity index (χ3n) is 3.14. The lowest BCUT2D eigenvalue weighted by atomic mass is 10.1. The van der Waals surface area contributed by atoms with Gasteiger partial charge in [-0.1, -0.05) is 30.3 Å². The SMILES string of the molecule is NC(=O)c1cc(-c2ccccc2)cn2cc(C(=O)O)nc12. The zero-order valence-corrected chi connectivity index (χ0v) is 10.9. The molecule has 3 N–H and O–H groups in total. The van der Waals surface area contributed by atoms with Gasteiger partial charge in [0.25, 0.3) is 5.91 Å². The van der Waals surface area contributed by atoms with E-state index in [1.54, 1.807) is 12.3 Å². The normalized spacial score (nSPS) is 10.7. The number of pyridine rings is 1. The number of primary amides is 1. The smallest absolute Gasteiger partial charge is 0.356 e. The molecule has 0 aliphatic carbocycles. The number of amides is 1. The molecule has 3 aromatic rings. The largest absolute Gasteiger partial charge is 0.476 e. The number of benzene rings is 1. The summed E-state index contributed by atoms with van der Waals surface area (Å²) in [5, 5.41) is 9.01. The summed E-state index contributed by atoms with van der Waals surface area (Å²) < 4.78 is 1.51. The van der Waals surface area contributed by atoms with Crippen molar-refractivity contribution in [1.29, 1.82) is 0 Å². The zero-order chi connectivity index (χ0) is 15.0. The lowest BCUT2D eigenvalue weighted by molar-refractivity contribution is 0.0691. The highest BCUT2D eigenvalue weighted by Crippen LogP contribution is 2.23. The first-order valence-electron chi connectivity index (χ1n) is 6.17. The average Bonchev–Trinajstić information content (AvgIpc) is 2.91. The van der Waals surface area contributed by atoms with E-state index in [1.165, 1.54) is 10.6 Å². The van der Waals surface area contributed by atoms with E-state index < -0.39 is 11.9 Å². The molecule has 0 atom stereocenters. The number of carboxylic acid groups (broad SMARTS) is 1. The highest BCUT2D eigenvalue weighted by Gasteiger charge is 2.16. The van der Waals surface area contributed by atoms with Crippen LogP contribution in [0.15, 0.2) is 48.8 Å². The number of rotatable bonds is 3. The van der Waals surface area contributed by atoms with E-state index in [0.717, 1.165) is 11.1 Å². The van der Waals surface area contributed by atoms with E-state index in [4.69, 9.17) is 10.8 Å². The fraction of sp³-hybridized carbons (Fsp3) is 0. The van der Waals surface area contributed by atoms with Crippen molar-refractivity contribution in [3.8, 4) is 11.1 Å². The van der Waals surface area contributed by atoms with E-state index in [-0.39, 0.29) is 16.9 Å². The van der Waals surface area contributed by atoms with Crippen LogP contribution in [0, 0.1) is 0 Å².